The van der Waals surface area contributed by atoms with Crippen LogP contribution >= 0.6 is 0 Å². The molecule has 1 aliphatic rings. The third kappa shape index (κ3) is 3.63. The summed E-state index contributed by atoms with van der Waals surface area (Å²) in [4.78, 5) is 13.0. The minimum Gasteiger partial charge on any atom is -0.444 e. The third-order valence-electron chi connectivity index (χ3n) is 2.44. The SMILES string of the molecule is COC1CCN(C(=O)OC(C)(C)C)C[C@H]1F. The van der Waals surface area contributed by atoms with Crippen LogP contribution < -0.4 is 0 Å². The summed E-state index contributed by atoms with van der Waals surface area (Å²) in [5, 5.41) is 0. The van der Waals surface area contributed by atoms with Crippen LogP contribution in [0.15, 0.2) is 0 Å². The van der Waals surface area contributed by atoms with E-state index in [4.69, 9.17) is 9.47 Å². The molecule has 1 unspecified atom stereocenters. The molecule has 2 atom stereocenters. The van der Waals surface area contributed by atoms with Crippen molar-refractivity contribution in [3.8, 4) is 0 Å². The smallest absolute Gasteiger partial charge is 0.410 e. The molecule has 1 rings (SSSR count). The molecular formula is C11H20FNO3. The van der Waals surface area contributed by atoms with Gasteiger partial charge >= 0.3 is 6.09 Å². The number of hydrogen-bond acceptors (Lipinski definition) is 3. The number of likely N-dealkylation sites (tertiary alicyclic amines) is 1. The summed E-state index contributed by atoms with van der Waals surface area (Å²) in [7, 11) is 1.49. The van der Waals surface area contributed by atoms with E-state index in [-0.39, 0.29) is 6.54 Å². The van der Waals surface area contributed by atoms with Crippen molar-refractivity contribution in [3.05, 3.63) is 0 Å². The Balaban J connectivity index is 2.48. The summed E-state index contributed by atoms with van der Waals surface area (Å²) in [6, 6.07) is 0. The highest BCUT2D eigenvalue weighted by Crippen LogP contribution is 2.19. The molecular weight excluding hydrogens is 213 g/mol. The first-order chi connectivity index (χ1) is 7.33. The van der Waals surface area contributed by atoms with Gasteiger partial charge in [-0.1, -0.05) is 0 Å². The van der Waals surface area contributed by atoms with Gasteiger partial charge < -0.3 is 14.4 Å². The predicted molar refractivity (Wildman–Crippen MR) is 58.1 cm³/mol. The first-order valence-corrected chi connectivity index (χ1v) is 5.48. The number of methoxy groups -OCH3 is 1. The molecule has 16 heavy (non-hydrogen) atoms. The number of halogens is 1. The number of nitrogens with zero attached hydrogens (tertiary/aromatic N) is 1. The van der Waals surface area contributed by atoms with Crippen LogP contribution in [0.2, 0.25) is 0 Å². The standard InChI is InChI=1S/C11H20FNO3/c1-11(2,3)16-10(14)13-6-5-9(15-4)8(12)7-13/h8-9H,5-7H2,1-4H3/t8-,9?/m1/s1. The molecule has 1 fully saturated rings. The lowest BCUT2D eigenvalue weighted by molar-refractivity contribution is -0.0340. The van der Waals surface area contributed by atoms with E-state index in [0.29, 0.717) is 13.0 Å². The second kappa shape index (κ2) is 4.99. The molecule has 0 spiro atoms. The van der Waals surface area contributed by atoms with Gasteiger partial charge in [0.25, 0.3) is 0 Å². The minimum absolute atomic E-state index is 0.0490. The Bertz CT molecular complexity index is 252. The molecule has 1 amide bonds. The Morgan fingerprint density at radius 1 is 1.44 bits per heavy atom. The lowest BCUT2D eigenvalue weighted by atomic mass is 10.1. The fraction of sp³-hybridized carbons (Fsp3) is 0.909. The van der Waals surface area contributed by atoms with Crippen molar-refractivity contribution in [2.45, 2.75) is 45.1 Å². The summed E-state index contributed by atoms with van der Waals surface area (Å²) in [5.74, 6) is 0. The number of amides is 1. The average Bonchev–Trinajstić information content (AvgIpc) is 2.15. The molecule has 1 saturated heterocycles. The lowest BCUT2D eigenvalue weighted by Crippen LogP contribution is -2.49. The van der Waals surface area contributed by atoms with Gasteiger partial charge in [0.2, 0.25) is 0 Å². The maximum Gasteiger partial charge on any atom is 0.410 e. The van der Waals surface area contributed by atoms with Crippen LogP contribution in [0.25, 0.3) is 0 Å². The molecule has 0 bridgehead atoms. The first kappa shape index (κ1) is 13.2. The molecule has 0 aromatic carbocycles. The van der Waals surface area contributed by atoms with E-state index >= 15 is 0 Å². The fourth-order valence-electron chi connectivity index (χ4n) is 1.64. The molecule has 0 aromatic rings. The van der Waals surface area contributed by atoms with Crippen molar-refractivity contribution in [2.75, 3.05) is 20.2 Å². The number of hydrogen-bond donors (Lipinski definition) is 0. The number of alkyl halides is 1. The van der Waals surface area contributed by atoms with Gasteiger partial charge in [-0.25, -0.2) is 9.18 Å². The van der Waals surface area contributed by atoms with Crippen LogP contribution in [0.4, 0.5) is 9.18 Å². The Labute approximate surface area is 95.7 Å². The van der Waals surface area contributed by atoms with Gasteiger partial charge in [0, 0.05) is 13.7 Å². The highest BCUT2D eigenvalue weighted by atomic mass is 19.1. The number of ether oxygens (including phenoxy) is 2. The van der Waals surface area contributed by atoms with E-state index in [2.05, 4.69) is 0 Å². The molecule has 0 aromatic heterocycles. The first-order valence-electron chi connectivity index (χ1n) is 5.48. The van der Waals surface area contributed by atoms with Gasteiger partial charge in [-0.3, -0.25) is 0 Å². The van der Waals surface area contributed by atoms with Gasteiger partial charge in [0.15, 0.2) is 0 Å². The number of rotatable bonds is 1. The van der Waals surface area contributed by atoms with E-state index in [0.717, 1.165) is 0 Å². The van der Waals surface area contributed by atoms with E-state index in [1.165, 1.54) is 12.0 Å². The zero-order chi connectivity index (χ0) is 12.3. The van der Waals surface area contributed by atoms with Crippen molar-refractivity contribution in [1.82, 2.24) is 4.90 Å². The second-order valence-electron chi connectivity index (χ2n) is 5.01. The molecule has 1 heterocycles. The van der Waals surface area contributed by atoms with E-state index in [1.54, 1.807) is 20.8 Å². The van der Waals surface area contributed by atoms with Crippen LogP contribution in [-0.2, 0) is 9.47 Å². The molecule has 0 saturated carbocycles. The van der Waals surface area contributed by atoms with E-state index in [9.17, 15) is 9.18 Å². The van der Waals surface area contributed by atoms with Gasteiger partial charge in [0.05, 0.1) is 12.6 Å². The molecule has 0 aliphatic carbocycles. The molecule has 0 N–H and O–H groups in total. The van der Waals surface area contributed by atoms with Crippen LogP contribution in [0.5, 0.6) is 0 Å². The maximum absolute atomic E-state index is 13.5. The van der Waals surface area contributed by atoms with Crippen LogP contribution in [0.1, 0.15) is 27.2 Å². The zero-order valence-corrected chi connectivity index (χ0v) is 10.3. The molecule has 1 aliphatic heterocycles. The lowest BCUT2D eigenvalue weighted by Gasteiger charge is -2.34. The van der Waals surface area contributed by atoms with Crippen LogP contribution in [0, 0.1) is 0 Å². The highest BCUT2D eigenvalue weighted by Gasteiger charge is 2.33. The summed E-state index contributed by atoms with van der Waals surface area (Å²) in [6.45, 7) is 5.90. The Morgan fingerprint density at radius 2 is 2.06 bits per heavy atom. The highest BCUT2D eigenvalue weighted by molar-refractivity contribution is 5.68. The monoisotopic (exact) mass is 233 g/mol. The van der Waals surface area contributed by atoms with Gasteiger partial charge in [-0.2, -0.15) is 0 Å². The van der Waals surface area contributed by atoms with Crippen LogP contribution in [-0.4, -0.2) is 49.1 Å². The topological polar surface area (TPSA) is 38.8 Å². The largest absolute Gasteiger partial charge is 0.444 e. The Hall–Kier alpha value is -0.840. The quantitative estimate of drug-likeness (QED) is 0.695. The average molecular weight is 233 g/mol. The predicted octanol–water partition coefficient (Wildman–Crippen LogP) is 1.98. The van der Waals surface area contributed by atoms with Gasteiger partial charge in [-0.15, -0.1) is 0 Å². The summed E-state index contributed by atoms with van der Waals surface area (Å²) in [5.41, 5.74) is -0.541. The Kier molecular flexibility index (Phi) is 4.13. The summed E-state index contributed by atoms with van der Waals surface area (Å²) in [6.07, 6.45) is -1.48. The number of carbonyl (C=O) groups is 1. The molecule has 94 valence electrons. The zero-order valence-electron chi connectivity index (χ0n) is 10.3. The van der Waals surface area contributed by atoms with E-state index in [1.807, 2.05) is 0 Å². The van der Waals surface area contributed by atoms with Gasteiger partial charge in [-0.05, 0) is 27.2 Å². The minimum atomic E-state index is -1.13. The summed E-state index contributed by atoms with van der Waals surface area (Å²) < 4.78 is 23.7. The van der Waals surface area contributed by atoms with Crippen molar-refractivity contribution in [1.29, 1.82) is 0 Å². The third-order valence-corrected chi connectivity index (χ3v) is 2.44. The van der Waals surface area contributed by atoms with Crippen LogP contribution in [0.3, 0.4) is 0 Å². The summed E-state index contributed by atoms with van der Waals surface area (Å²) >= 11 is 0. The normalized spacial score (nSPS) is 26.7. The fourth-order valence-corrected chi connectivity index (χ4v) is 1.64. The molecule has 5 heteroatoms. The molecule has 4 nitrogen and oxygen atoms in total. The van der Waals surface area contributed by atoms with Crippen molar-refractivity contribution in [3.63, 3.8) is 0 Å². The number of carbonyl (C=O) groups excluding carboxylic acids is 1. The van der Waals surface area contributed by atoms with Crippen molar-refractivity contribution >= 4 is 6.09 Å². The second-order valence-corrected chi connectivity index (χ2v) is 5.01. The van der Waals surface area contributed by atoms with Crippen molar-refractivity contribution < 1.29 is 18.7 Å². The Morgan fingerprint density at radius 3 is 2.50 bits per heavy atom. The number of piperidine rings is 1. The van der Waals surface area contributed by atoms with Gasteiger partial charge in [0.1, 0.15) is 11.8 Å². The maximum atomic E-state index is 13.5. The van der Waals surface area contributed by atoms with Crippen molar-refractivity contribution in [2.24, 2.45) is 0 Å². The van der Waals surface area contributed by atoms with E-state index < -0.39 is 24.0 Å². The molecule has 0 radical (unpaired) electrons.